The number of aromatic nitrogens is 4. The molecule has 4 N–H and O–H groups in total. The van der Waals surface area contributed by atoms with Crippen molar-refractivity contribution < 1.29 is 14.4 Å². The van der Waals surface area contributed by atoms with E-state index in [0.717, 1.165) is 36.8 Å². The number of hydrogen-bond donors (Lipinski definition) is 2. The molecule has 1 saturated carbocycles. The van der Waals surface area contributed by atoms with Crippen LogP contribution in [0, 0.1) is 12.8 Å². The molecular formula is C27H32N8O3. The van der Waals surface area contributed by atoms with Gasteiger partial charge in [0.15, 0.2) is 6.33 Å². The van der Waals surface area contributed by atoms with E-state index in [1.165, 1.54) is 27.3 Å². The van der Waals surface area contributed by atoms with Crippen molar-refractivity contribution in [2.24, 2.45) is 17.4 Å². The molecule has 2 aromatic carbocycles. The molecule has 2 atom stereocenters. The Hall–Kier alpha value is -4.28. The zero-order chi connectivity index (χ0) is 26.8. The lowest BCUT2D eigenvalue weighted by molar-refractivity contribution is -0.123. The Morgan fingerprint density at radius 3 is 2.50 bits per heavy atom. The van der Waals surface area contributed by atoms with Gasteiger partial charge in [0.05, 0.1) is 5.69 Å². The van der Waals surface area contributed by atoms with Crippen LogP contribution in [0.3, 0.4) is 0 Å². The minimum Gasteiger partial charge on any atom is -0.368 e. The van der Waals surface area contributed by atoms with Gasteiger partial charge in [0.1, 0.15) is 18.3 Å². The highest BCUT2D eigenvalue weighted by Crippen LogP contribution is 2.46. The van der Waals surface area contributed by atoms with E-state index in [1.54, 1.807) is 24.3 Å². The number of hydrogen-bond acceptors (Lipinski definition) is 6. The molecule has 0 bridgehead atoms. The Bertz CT molecular complexity index is 1340. The van der Waals surface area contributed by atoms with Crippen LogP contribution in [0.15, 0.2) is 48.8 Å². The van der Waals surface area contributed by atoms with Gasteiger partial charge in [-0.15, -0.1) is 15.0 Å². The van der Waals surface area contributed by atoms with E-state index in [0.29, 0.717) is 29.4 Å². The number of benzene rings is 2. The molecular weight excluding hydrogens is 484 g/mol. The van der Waals surface area contributed by atoms with Crippen LogP contribution in [0.2, 0.25) is 0 Å². The normalized spacial score (nSPS) is 20.0. The van der Waals surface area contributed by atoms with Crippen molar-refractivity contribution >= 4 is 29.2 Å². The first-order valence-electron chi connectivity index (χ1n) is 13.0. The molecule has 1 fully saturated rings. The lowest BCUT2D eigenvalue weighted by Gasteiger charge is -2.35. The number of fused-ring (bicyclic) bond motifs is 1. The number of urea groups is 1. The number of aryl methyl sites for hydroxylation is 1. The Morgan fingerprint density at radius 2 is 1.82 bits per heavy atom. The highest BCUT2D eigenvalue weighted by atomic mass is 16.2. The van der Waals surface area contributed by atoms with Crippen molar-refractivity contribution in [2.75, 3.05) is 16.3 Å². The third kappa shape index (κ3) is 4.83. The van der Waals surface area contributed by atoms with Crippen LogP contribution in [0.4, 0.5) is 16.2 Å². The fourth-order valence-electron chi connectivity index (χ4n) is 6.04. The van der Waals surface area contributed by atoms with Crippen LogP contribution in [0.25, 0.3) is 5.69 Å². The summed E-state index contributed by atoms with van der Waals surface area (Å²) < 4.78 is 0. The van der Waals surface area contributed by atoms with Gasteiger partial charge in [0.2, 0.25) is 5.91 Å². The van der Waals surface area contributed by atoms with Gasteiger partial charge >= 0.3 is 6.03 Å². The second-order valence-electron chi connectivity index (χ2n) is 10.1. The predicted octanol–water partition coefficient (Wildman–Crippen LogP) is 2.81. The minimum absolute atomic E-state index is 0.0174. The quantitative estimate of drug-likeness (QED) is 0.514. The van der Waals surface area contributed by atoms with Crippen molar-refractivity contribution in [3.8, 4) is 5.69 Å². The van der Waals surface area contributed by atoms with Crippen molar-refractivity contribution in [3.63, 3.8) is 0 Å². The number of carbonyl (C=O) groups excluding carboxylic acids is 3. The molecule has 2 unspecified atom stereocenters. The van der Waals surface area contributed by atoms with Crippen LogP contribution < -0.4 is 21.3 Å². The summed E-state index contributed by atoms with van der Waals surface area (Å²) in [5.41, 5.74) is 15.1. The van der Waals surface area contributed by atoms with E-state index in [2.05, 4.69) is 21.5 Å². The highest BCUT2D eigenvalue weighted by Gasteiger charge is 2.43. The number of nitrogens with zero attached hydrogens (tertiary/aromatic N) is 6. The Kier molecular flexibility index (Phi) is 7.08. The van der Waals surface area contributed by atoms with Gasteiger partial charge in [-0.05, 0) is 72.6 Å². The molecule has 0 radical (unpaired) electrons. The van der Waals surface area contributed by atoms with Gasteiger partial charge in [0.25, 0.3) is 5.91 Å². The molecule has 11 nitrogen and oxygen atoms in total. The third-order valence-corrected chi connectivity index (χ3v) is 7.69. The Morgan fingerprint density at radius 1 is 1.05 bits per heavy atom. The number of anilines is 2. The van der Waals surface area contributed by atoms with Crippen molar-refractivity contribution in [3.05, 3.63) is 59.9 Å². The average Bonchev–Trinajstić information content (AvgIpc) is 3.41. The van der Waals surface area contributed by atoms with E-state index in [9.17, 15) is 14.4 Å². The molecule has 198 valence electrons. The molecule has 0 spiro atoms. The maximum Gasteiger partial charge on any atom is 0.320 e. The molecule has 2 heterocycles. The van der Waals surface area contributed by atoms with Gasteiger partial charge < -0.3 is 16.4 Å². The molecule has 38 heavy (non-hydrogen) atoms. The van der Waals surface area contributed by atoms with E-state index >= 15 is 0 Å². The standard InChI is InChI=1S/C27H32N8O3/c1-17-11-12-19-20(18-7-3-2-4-8-18)14-24(26(37)33(15-25(28)36)23(19)13-17)34(27(29)38)21-9-5-6-10-22(21)35-31-16-30-32-35/h5-6,9-13,16,18,20,24H,2-4,7-8,14-15H2,1H3,(H2,28,36)(H2,29,38). The largest absolute Gasteiger partial charge is 0.368 e. The van der Waals surface area contributed by atoms with Gasteiger partial charge in [0, 0.05) is 5.69 Å². The first-order chi connectivity index (χ1) is 18.3. The lowest BCUT2D eigenvalue weighted by Crippen LogP contribution is -2.54. The minimum atomic E-state index is -0.976. The number of primary amides is 2. The van der Waals surface area contributed by atoms with E-state index in [-0.39, 0.29) is 12.5 Å². The molecule has 5 rings (SSSR count). The SMILES string of the molecule is Cc1ccc2c(c1)N(CC(N)=O)C(=O)C(N(C(N)=O)c1ccccc1-n1ncnn1)CC2C1CCCCC1. The zero-order valence-electron chi connectivity index (χ0n) is 21.4. The first kappa shape index (κ1) is 25.4. The van der Waals surface area contributed by atoms with Gasteiger partial charge in [-0.1, -0.05) is 43.5 Å². The van der Waals surface area contributed by atoms with Crippen LogP contribution in [0.1, 0.15) is 55.6 Å². The van der Waals surface area contributed by atoms with E-state index < -0.39 is 23.9 Å². The zero-order valence-corrected chi connectivity index (χ0v) is 21.4. The summed E-state index contributed by atoms with van der Waals surface area (Å²) in [6.45, 7) is 1.64. The fraction of sp³-hybridized carbons (Fsp3) is 0.407. The third-order valence-electron chi connectivity index (χ3n) is 7.69. The summed E-state index contributed by atoms with van der Waals surface area (Å²) in [5.74, 6) is -0.736. The van der Waals surface area contributed by atoms with Crippen LogP contribution >= 0.6 is 0 Å². The smallest absolute Gasteiger partial charge is 0.320 e. The Balaban J connectivity index is 1.68. The topological polar surface area (TPSA) is 153 Å². The number of carbonyl (C=O) groups is 3. The van der Waals surface area contributed by atoms with Crippen molar-refractivity contribution in [1.29, 1.82) is 0 Å². The highest BCUT2D eigenvalue weighted by molar-refractivity contribution is 6.08. The molecule has 1 aliphatic heterocycles. The average molecular weight is 517 g/mol. The van der Waals surface area contributed by atoms with E-state index in [4.69, 9.17) is 11.5 Å². The number of tetrazole rings is 1. The van der Waals surface area contributed by atoms with Crippen LogP contribution in [0.5, 0.6) is 0 Å². The molecule has 2 aliphatic rings. The van der Waals surface area contributed by atoms with Crippen molar-refractivity contribution in [1.82, 2.24) is 20.2 Å². The summed E-state index contributed by atoms with van der Waals surface area (Å²) in [6.07, 6.45) is 7.13. The summed E-state index contributed by atoms with van der Waals surface area (Å²) in [5, 5.41) is 11.9. The number of rotatable bonds is 6. The molecule has 11 heteroatoms. The second-order valence-corrected chi connectivity index (χ2v) is 10.1. The van der Waals surface area contributed by atoms with E-state index in [1.807, 2.05) is 19.1 Å². The van der Waals surface area contributed by atoms with Gasteiger partial charge in [-0.25, -0.2) is 4.79 Å². The van der Waals surface area contributed by atoms with Crippen LogP contribution in [-0.4, -0.2) is 50.6 Å². The summed E-state index contributed by atoms with van der Waals surface area (Å²) >= 11 is 0. The lowest BCUT2D eigenvalue weighted by atomic mass is 9.74. The monoisotopic (exact) mass is 516 g/mol. The number of para-hydroxylation sites is 2. The number of nitrogens with two attached hydrogens (primary N) is 2. The fourth-order valence-corrected chi connectivity index (χ4v) is 6.04. The first-order valence-corrected chi connectivity index (χ1v) is 13.0. The maximum atomic E-state index is 14.3. The summed E-state index contributed by atoms with van der Waals surface area (Å²) in [4.78, 5) is 43.7. The Labute approximate surface area is 220 Å². The van der Waals surface area contributed by atoms with Gasteiger partial charge in [-0.2, -0.15) is 0 Å². The van der Waals surface area contributed by atoms with Crippen LogP contribution in [-0.2, 0) is 9.59 Å². The number of amides is 4. The maximum absolute atomic E-state index is 14.3. The summed E-state index contributed by atoms with van der Waals surface area (Å²) in [7, 11) is 0. The molecule has 4 amide bonds. The van der Waals surface area contributed by atoms with Crippen molar-refractivity contribution in [2.45, 2.75) is 57.4 Å². The molecule has 1 aromatic heterocycles. The van der Waals surface area contributed by atoms with Gasteiger partial charge in [-0.3, -0.25) is 14.5 Å². The molecule has 3 aromatic rings. The molecule has 0 saturated heterocycles. The second kappa shape index (κ2) is 10.6. The molecule has 1 aliphatic carbocycles. The predicted molar refractivity (Wildman–Crippen MR) is 142 cm³/mol. The summed E-state index contributed by atoms with van der Waals surface area (Å²) in [6, 6.07) is 11.2.